The summed E-state index contributed by atoms with van der Waals surface area (Å²) in [6.07, 6.45) is 2.92. The summed E-state index contributed by atoms with van der Waals surface area (Å²) in [7, 11) is 0. The van der Waals surface area contributed by atoms with Gasteiger partial charge in [0.1, 0.15) is 0 Å². The molecule has 0 amide bonds. The molecule has 1 saturated heterocycles. The molecular formula is C15H23NO. The number of nitrogens with one attached hydrogen (secondary N) is 1. The lowest BCUT2D eigenvalue weighted by Gasteiger charge is -2.27. The highest BCUT2D eigenvalue weighted by atomic mass is 16.3. The Kier molecular flexibility index (Phi) is 4.19. The highest BCUT2D eigenvalue weighted by Gasteiger charge is 2.21. The quantitative estimate of drug-likeness (QED) is 0.839. The van der Waals surface area contributed by atoms with Gasteiger partial charge in [-0.3, -0.25) is 0 Å². The number of benzene rings is 1. The monoisotopic (exact) mass is 233 g/mol. The Morgan fingerprint density at radius 3 is 2.59 bits per heavy atom. The summed E-state index contributed by atoms with van der Waals surface area (Å²) in [6, 6.07) is 6.55. The Morgan fingerprint density at radius 1 is 1.29 bits per heavy atom. The fraction of sp³-hybridized carbons (Fsp3) is 0.600. The van der Waals surface area contributed by atoms with E-state index >= 15 is 0 Å². The van der Waals surface area contributed by atoms with Gasteiger partial charge in [-0.2, -0.15) is 0 Å². The lowest BCUT2D eigenvalue weighted by atomic mass is 9.89. The Balaban J connectivity index is 1.99. The summed E-state index contributed by atoms with van der Waals surface area (Å²) < 4.78 is 0. The van der Waals surface area contributed by atoms with Crippen molar-refractivity contribution in [2.45, 2.75) is 39.2 Å². The van der Waals surface area contributed by atoms with Crippen LogP contribution in [0.2, 0.25) is 0 Å². The Morgan fingerprint density at radius 2 is 2.00 bits per heavy atom. The molecule has 2 rings (SSSR count). The molecule has 1 aromatic rings. The maximum atomic E-state index is 10.3. The summed E-state index contributed by atoms with van der Waals surface area (Å²) in [5.41, 5.74) is 3.84. The van der Waals surface area contributed by atoms with Gasteiger partial charge in [0, 0.05) is 6.54 Å². The molecule has 1 heterocycles. The molecule has 0 saturated carbocycles. The molecule has 0 aliphatic carbocycles. The van der Waals surface area contributed by atoms with Crippen molar-refractivity contribution in [3.63, 3.8) is 0 Å². The first-order chi connectivity index (χ1) is 8.15. The molecule has 1 fully saturated rings. The Bertz CT molecular complexity index is 349. The molecule has 1 aliphatic heterocycles. The smallest absolute Gasteiger partial charge is 0.0620 e. The zero-order valence-corrected chi connectivity index (χ0v) is 10.9. The van der Waals surface area contributed by atoms with E-state index in [4.69, 9.17) is 0 Å². The zero-order valence-electron chi connectivity index (χ0n) is 10.9. The van der Waals surface area contributed by atoms with Crippen LogP contribution in [-0.2, 0) is 6.42 Å². The van der Waals surface area contributed by atoms with Gasteiger partial charge >= 0.3 is 0 Å². The zero-order chi connectivity index (χ0) is 12.3. The van der Waals surface area contributed by atoms with E-state index in [1.165, 1.54) is 23.1 Å². The van der Waals surface area contributed by atoms with E-state index < -0.39 is 0 Å². The number of hydrogen-bond acceptors (Lipinski definition) is 2. The minimum absolute atomic E-state index is 0.205. The molecule has 0 spiro atoms. The van der Waals surface area contributed by atoms with Crippen molar-refractivity contribution < 1.29 is 5.11 Å². The lowest BCUT2D eigenvalue weighted by molar-refractivity contribution is 0.0922. The third-order valence-corrected chi connectivity index (χ3v) is 3.61. The van der Waals surface area contributed by atoms with Gasteiger partial charge in [-0.1, -0.05) is 29.3 Å². The second-order valence-electron chi connectivity index (χ2n) is 5.37. The van der Waals surface area contributed by atoms with Crippen LogP contribution in [0, 0.1) is 19.8 Å². The molecule has 1 aromatic carbocycles. The number of hydrogen-bond donors (Lipinski definition) is 2. The van der Waals surface area contributed by atoms with E-state index in [-0.39, 0.29) is 6.10 Å². The average molecular weight is 233 g/mol. The predicted octanol–water partition coefficient (Wildman–Crippen LogP) is 2.21. The molecule has 2 atom stereocenters. The number of aryl methyl sites for hydroxylation is 2. The van der Waals surface area contributed by atoms with Crippen LogP contribution in [0.4, 0.5) is 0 Å². The maximum absolute atomic E-state index is 10.3. The highest BCUT2D eigenvalue weighted by molar-refractivity contribution is 5.29. The third-order valence-electron chi connectivity index (χ3n) is 3.61. The van der Waals surface area contributed by atoms with E-state index in [9.17, 15) is 5.11 Å². The van der Waals surface area contributed by atoms with Crippen LogP contribution < -0.4 is 5.32 Å². The van der Waals surface area contributed by atoms with Crippen molar-refractivity contribution in [3.8, 4) is 0 Å². The summed E-state index contributed by atoms with van der Waals surface area (Å²) in [4.78, 5) is 0. The average Bonchev–Trinajstić information content (AvgIpc) is 2.28. The lowest BCUT2D eigenvalue weighted by Crippen LogP contribution is -2.37. The Labute approximate surface area is 104 Å². The first-order valence-electron chi connectivity index (χ1n) is 6.61. The van der Waals surface area contributed by atoms with Gasteiger partial charge in [-0.05, 0) is 51.1 Å². The van der Waals surface area contributed by atoms with Crippen LogP contribution in [-0.4, -0.2) is 24.3 Å². The largest absolute Gasteiger partial charge is 0.392 e. The standard InChI is InChI=1S/C15H23NO/c1-11-6-12(2)8-13(7-11)9-15(17)14-4-3-5-16-10-14/h6-8,14-17H,3-5,9-10H2,1-2H3. The first kappa shape index (κ1) is 12.6. The summed E-state index contributed by atoms with van der Waals surface area (Å²) in [5.74, 6) is 0.421. The number of aliphatic hydroxyl groups excluding tert-OH is 1. The predicted molar refractivity (Wildman–Crippen MR) is 71.2 cm³/mol. The summed E-state index contributed by atoms with van der Waals surface area (Å²) in [5, 5.41) is 13.6. The third kappa shape index (κ3) is 3.55. The maximum Gasteiger partial charge on any atom is 0.0620 e. The normalized spacial score (nSPS) is 22.4. The molecule has 2 heteroatoms. The molecule has 17 heavy (non-hydrogen) atoms. The van der Waals surface area contributed by atoms with E-state index in [2.05, 4.69) is 37.4 Å². The van der Waals surface area contributed by atoms with Gasteiger partial charge in [0.2, 0.25) is 0 Å². The molecule has 2 nitrogen and oxygen atoms in total. The van der Waals surface area contributed by atoms with Crippen molar-refractivity contribution in [2.75, 3.05) is 13.1 Å². The van der Waals surface area contributed by atoms with Crippen molar-refractivity contribution in [1.82, 2.24) is 5.32 Å². The van der Waals surface area contributed by atoms with Gasteiger partial charge < -0.3 is 10.4 Å². The molecule has 94 valence electrons. The molecule has 1 aliphatic rings. The first-order valence-corrected chi connectivity index (χ1v) is 6.61. The van der Waals surface area contributed by atoms with Crippen LogP contribution in [0.5, 0.6) is 0 Å². The van der Waals surface area contributed by atoms with Crippen molar-refractivity contribution in [3.05, 3.63) is 34.9 Å². The van der Waals surface area contributed by atoms with E-state index in [1.807, 2.05) is 0 Å². The van der Waals surface area contributed by atoms with Crippen LogP contribution in [0.15, 0.2) is 18.2 Å². The van der Waals surface area contributed by atoms with Gasteiger partial charge in [0.05, 0.1) is 6.10 Å². The number of aliphatic hydroxyl groups is 1. The number of rotatable bonds is 3. The van der Waals surface area contributed by atoms with Gasteiger partial charge in [-0.15, -0.1) is 0 Å². The summed E-state index contributed by atoms with van der Waals surface area (Å²) >= 11 is 0. The van der Waals surface area contributed by atoms with Crippen LogP contribution in [0.3, 0.4) is 0 Å². The number of piperidine rings is 1. The SMILES string of the molecule is Cc1cc(C)cc(CC(O)C2CCCNC2)c1. The Hall–Kier alpha value is -0.860. The second-order valence-corrected chi connectivity index (χ2v) is 5.37. The van der Waals surface area contributed by atoms with Crippen LogP contribution in [0.25, 0.3) is 0 Å². The summed E-state index contributed by atoms with van der Waals surface area (Å²) in [6.45, 7) is 6.30. The fourth-order valence-corrected chi connectivity index (χ4v) is 2.80. The van der Waals surface area contributed by atoms with Crippen LogP contribution >= 0.6 is 0 Å². The molecule has 2 unspecified atom stereocenters. The van der Waals surface area contributed by atoms with Crippen molar-refractivity contribution in [1.29, 1.82) is 0 Å². The molecular weight excluding hydrogens is 210 g/mol. The van der Waals surface area contributed by atoms with Gasteiger partial charge in [0.25, 0.3) is 0 Å². The van der Waals surface area contributed by atoms with E-state index in [0.717, 1.165) is 25.9 Å². The molecule has 0 bridgehead atoms. The second kappa shape index (κ2) is 5.65. The molecule has 0 radical (unpaired) electrons. The fourth-order valence-electron chi connectivity index (χ4n) is 2.80. The highest BCUT2D eigenvalue weighted by Crippen LogP contribution is 2.19. The van der Waals surface area contributed by atoms with Crippen molar-refractivity contribution in [2.24, 2.45) is 5.92 Å². The van der Waals surface area contributed by atoms with E-state index in [1.54, 1.807) is 0 Å². The van der Waals surface area contributed by atoms with E-state index in [0.29, 0.717) is 5.92 Å². The molecule has 2 N–H and O–H groups in total. The molecule has 0 aromatic heterocycles. The van der Waals surface area contributed by atoms with Crippen molar-refractivity contribution >= 4 is 0 Å². The minimum atomic E-state index is -0.205. The van der Waals surface area contributed by atoms with Crippen LogP contribution in [0.1, 0.15) is 29.5 Å². The van der Waals surface area contributed by atoms with Gasteiger partial charge in [0.15, 0.2) is 0 Å². The minimum Gasteiger partial charge on any atom is -0.392 e. The topological polar surface area (TPSA) is 32.3 Å². The van der Waals surface area contributed by atoms with Gasteiger partial charge in [-0.25, -0.2) is 0 Å².